The normalized spacial score (nSPS) is 16.4. The van der Waals surface area contributed by atoms with Crippen molar-refractivity contribution < 1.29 is 41.0 Å². The van der Waals surface area contributed by atoms with Crippen LogP contribution in [0.1, 0.15) is 43.5 Å². The summed E-state index contributed by atoms with van der Waals surface area (Å²) in [6.45, 7) is 1.87. The molecule has 11 nitrogen and oxygen atoms in total. The standard InChI is InChI=1S/C31H25ClF3N7O2.C2HF3O2/c1-18-5-4-8-26(20-11-19(14-36-15-20)22-6-2-3-7-24(22)38-30(18)44)41-17-37-25(13-29(41)43)23-12-21(32)9-10-27(23)42-16-28(39-40-42)31(33,34)35;3-2(4,5)1(6)7/h2-3,6-7,9-18,26H,4-5,8H2,1H3,(H,38,44);(H,6,7)/t18-,26+;/m1./s1. The number of anilines is 1. The lowest BCUT2D eigenvalue weighted by Crippen LogP contribution is -2.26. The van der Waals surface area contributed by atoms with Gasteiger partial charge in [-0.2, -0.15) is 26.3 Å². The molecular formula is C33H26ClF6N7O4. The van der Waals surface area contributed by atoms with Crippen LogP contribution in [0, 0.1) is 5.92 Å². The SMILES string of the molecule is C[C@@H]1CCC[C@H](n2cnc(-c3cc(Cl)ccc3-n3cc(C(F)(F)F)nn3)cc2=O)c2cncc(c2)-c2ccccc2NC1=O.O=C(O)C(F)(F)F. The molecule has 0 saturated heterocycles. The number of hydrogen-bond donors (Lipinski definition) is 2. The summed E-state index contributed by atoms with van der Waals surface area (Å²) in [5, 5.41) is 17.3. The zero-order valence-electron chi connectivity index (χ0n) is 26.3. The van der Waals surface area contributed by atoms with E-state index in [1.807, 2.05) is 37.3 Å². The molecule has 1 aliphatic heterocycles. The van der Waals surface area contributed by atoms with Gasteiger partial charge in [0.1, 0.15) is 0 Å². The zero-order valence-corrected chi connectivity index (χ0v) is 27.0. The molecule has 2 N–H and O–H groups in total. The van der Waals surface area contributed by atoms with E-state index in [4.69, 9.17) is 21.5 Å². The molecule has 0 fully saturated rings. The molecule has 5 aromatic rings. The first-order chi connectivity index (χ1) is 24.0. The van der Waals surface area contributed by atoms with Crippen LogP contribution in [0.3, 0.4) is 0 Å². The Balaban J connectivity index is 0.000000654. The number of carboxylic acids is 1. The summed E-state index contributed by atoms with van der Waals surface area (Å²) < 4.78 is 73.8. The van der Waals surface area contributed by atoms with Crippen LogP contribution in [0.5, 0.6) is 0 Å². The Labute approximate surface area is 289 Å². The quantitative estimate of drug-likeness (QED) is 0.185. The number of aliphatic carboxylic acids is 1. The lowest BCUT2D eigenvalue weighted by molar-refractivity contribution is -0.192. The van der Waals surface area contributed by atoms with Gasteiger partial charge in [0.05, 0.1) is 29.9 Å². The van der Waals surface area contributed by atoms with E-state index in [9.17, 15) is 35.9 Å². The second-order valence-electron chi connectivity index (χ2n) is 11.4. The Bertz CT molecular complexity index is 2130. The van der Waals surface area contributed by atoms with Crippen LogP contribution in [0.2, 0.25) is 5.02 Å². The van der Waals surface area contributed by atoms with Gasteiger partial charge in [-0.15, -0.1) is 5.10 Å². The molecule has 1 aliphatic rings. The predicted octanol–water partition coefficient (Wildman–Crippen LogP) is 7.21. The summed E-state index contributed by atoms with van der Waals surface area (Å²) in [5.74, 6) is -3.10. The predicted molar refractivity (Wildman–Crippen MR) is 172 cm³/mol. The minimum absolute atomic E-state index is 0.0889. The van der Waals surface area contributed by atoms with Crippen molar-refractivity contribution in [3.8, 4) is 28.1 Å². The number of carboxylic acid groups (broad SMARTS) is 1. The van der Waals surface area contributed by atoms with Crippen molar-refractivity contribution in [1.82, 2.24) is 29.5 Å². The molecule has 2 aromatic carbocycles. The van der Waals surface area contributed by atoms with E-state index in [0.717, 1.165) is 27.6 Å². The van der Waals surface area contributed by atoms with Gasteiger partial charge >= 0.3 is 18.3 Å². The number of alkyl halides is 6. The molecule has 266 valence electrons. The van der Waals surface area contributed by atoms with Crippen LogP contribution < -0.4 is 10.9 Å². The van der Waals surface area contributed by atoms with Crippen LogP contribution in [-0.2, 0) is 15.8 Å². The molecule has 18 heteroatoms. The van der Waals surface area contributed by atoms with Gasteiger partial charge in [-0.1, -0.05) is 48.4 Å². The van der Waals surface area contributed by atoms with Crippen molar-refractivity contribution in [3.63, 3.8) is 0 Å². The topological polar surface area (TPSA) is 145 Å². The van der Waals surface area contributed by atoms with E-state index >= 15 is 0 Å². The fourth-order valence-electron chi connectivity index (χ4n) is 5.32. The number of halogens is 7. The molecule has 6 rings (SSSR count). The minimum Gasteiger partial charge on any atom is -0.475 e. The third-order valence-corrected chi connectivity index (χ3v) is 8.12. The number of para-hydroxylation sites is 1. The molecule has 0 unspecified atom stereocenters. The number of nitrogens with zero attached hydrogens (tertiary/aromatic N) is 6. The Morgan fingerprint density at radius 2 is 1.71 bits per heavy atom. The second kappa shape index (κ2) is 14.7. The number of nitrogens with one attached hydrogen (secondary N) is 1. The van der Waals surface area contributed by atoms with Gasteiger partial charge in [0.2, 0.25) is 5.91 Å². The van der Waals surface area contributed by atoms with Gasteiger partial charge in [0.25, 0.3) is 5.56 Å². The number of carbonyl (C=O) groups excluding carboxylic acids is 1. The minimum atomic E-state index is -5.08. The summed E-state index contributed by atoms with van der Waals surface area (Å²) in [7, 11) is 0. The highest BCUT2D eigenvalue weighted by Crippen LogP contribution is 2.34. The molecule has 3 aromatic heterocycles. The largest absolute Gasteiger partial charge is 0.490 e. The molecule has 1 amide bonds. The Kier molecular flexibility index (Phi) is 10.6. The molecule has 0 radical (unpaired) electrons. The van der Waals surface area contributed by atoms with Crippen molar-refractivity contribution in [2.24, 2.45) is 5.92 Å². The van der Waals surface area contributed by atoms with Crippen LogP contribution in [0.4, 0.5) is 32.0 Å². The van der Waals surface area contributed by atoms with Crippen molar-refractivity contribution >= 4 is 29.2 Å². The molecular weight excluding hydrogens is 708 g/mol. The summed E-state index contributed by atoms with van der Waals surface area (Å²) in [4.78, 5) is 44.5. The van der Waals surface area contributed by atoms with Crippen LogP contribution >= 0.6 is 11.6 Å². The van der Waals surface area contributed by atoms with E-state index in [1.165, 1.54) is 35.2 Å². The van der Waals surface area contributed by atoms with Gasteiger partial charge in [0.15, 0.2) is 5.69 Å². The first kappa shape index (κ1) is 36.7. The molecule has 0 saturated carbocycles. The number of amides is 1. The first-order valence-corrected chi connectivity index (χ1v) is 15.4. The molecule has 0 spiro atoms. The maximum absolute atomic E-state index is 13.7. The number of benzene rings is 2. The van der Waals surface area contributed by atoms with Gasteiger partial charge < -0.3 is 10.4 Å². The van der Waals surface area contributed by atoms with Gasteiger partial charge in [-0.05, 0) is 48.7 Å². The van der Waals surface area contributed by atoms with Crippen molar-refractivity contribution in [2.45, 2.75) is 44.6 Å². The Morgan fingerprint density at radius 1 is 0.980 bits per heavy atom. The lowest BCUT2D eigenvalue weighted by Gasteiger charge is -2.23. The highest BCUT2D eigenvalue weighted by Gasteiger charge is 2.38. The zero-order chi connectivity index (χ0) is 37.1. The van der Waals surface area contributed by atoms with E-state index in [2.05, 4.69) is 25.6 Å². The van der Waals surface area contributed by atoms with Crippen LogP contribution in [-0.4, -0.2) is 52.7 Å². The second-order valence-corrected chi connectivity index (χ2v) is 11.9. The molecule has 51 heavy (non-hydrogen) atoms. The van der Waals surface area contributed by atoms with Gasteiger partial charge in [0, 0.05) is 51.8 Å². The number of hydrogen-bond acceptors (Lipinski definition) is 7. The van der Waals surface area contributed by atoms with Crippen LogP contribution in [0.15, 0.2) is 84.3 Å². The molecule has 2 atom stereocenters. The number of rotatable bonds is 3. The first-order valence-electron chi connectivity index (χ1n) is 15.1. The van der Waals surface area contributed by atoms with Crippen molar-refractivity contribution in [1.29, 1.82) is 0 Å². The maximum atomic E-state index is 13.7. The van der Waals surface area contributed by atoms with E-state index in [-0.39, 0.29) is 28.8 Å². The highest BCUT2D eigenvalue weighted by atomic mass is 35.5. The molecule has 4 heterocycles. The Hall–Kier alpha value is -5.58. The lowest BCUT2D eigenvalue weighted by atomic mass is 9.94. The number of pyridine rings is 1. The third-order valence-electron chi connectivity index (χ3n) is 7.88. The summed E-state index contributed by atoms with van der Waals surface area (Å²) in [5.41, 5.74) is 2.23. The highest BCUT2D eigenvalue weighted by molar-refractivity contribution is 6.31. The average molecular weight is 734 g/mol. The third kappa shape index (κ3) is 8.60. The summed E-state index contributed by atoms with van der Waals surface area (Å²) >= 11 is 6.24. The average Bonchev–Trinajstić information content (AvgIpc) is 3.58. The van der Waals surface area contributed by atoms with Crippen LogP contribution in [0.25, 0.3) is 28.1 Å². The van der Waals surface area contributed by atoms with E-state index in [1.54, 1.807) is 12.4 Å². The molecule has 0 aliphatic carbocycles. The molecule has 2 bridgehead atoms. The number of aromatic nitrogens is 6. The van der Waals surface area contributed by atoms with Crippen molar-refractivity contribution in [2.75, 3.05) is 5.32 Å². The smallest absolute Gasteiger partial charge is 0.475 e. The van der Waals surface area contributed by atoms with E-state index < -0.39 is 30.1 Å². The number of fused-ring (bicyclic) bond motifs is 4. The summed E-state index contributed by atoms with van der Waals surface area (Å²) in [6, 6.07) is 14.8. The maximum Gasteiger partial charge on any atom is 0.490 e. The fourth-order valence-corrected chi connectivity index (χ4v) is 5.49. The van der Waals surface area contributed by atoms with Crippen molar-refractivity contribution in [3.05, 3.63) is 106 Å². The van der Waals surface area contributed by atoms with Gasteiger partial charge in [-0.3, -0.25) is 19.1 Å². The monoisotopic (exact) mass is 733 g/mol. The Morgan fingerprint density at radius 3 is 2.37 bits per heavy atom. The van der Waals surface area contributed by atoms with Gasteiger partial charge in [-0.25, -0.2) is 14.5 Å². The fraction of sp³-hybridized carbons (Fsp3) is 0.242. The van der Waals surface area contributed by atoms with E-state index in [0.29, 0.717) is 35.5 Å². The summed E-state index contributed by atoms with van der Waals surface area (Å²) in [6.07, 6.45) is -2.38. The number of carbonyl (C=O) groups is 2.